The number of aromatic nitrogens is 2. The van der Waals surface area contributed by atoms with E-state index in [1.807, 2.05) is 24.3 Å². The van der Waals surface area contributed by atoms with Crippen molar-refractivity contribution in [1.29, 1.82) is 0 Å². The van der Waals surface area contributed by atoms with Crippen molar-refractivity contribution in [1.82, 2.24) is 9.38 Å². The first kappa shape index (κ1) is 15.5. The number of aryl methyl sites for hydroxylation is 1. The molecule has 4 aromatic rings. The van der Waals surface area contributed by atoms with Gasteiger partial charge in [-0.25, -0.2) is 4.98 Å². The maximum Gasteiger partial charge on any atom is 0.141 e. The number of nitrogens with zero attached hydrogens (tertiary/aromatic N) is 2. The van der Waals surface area contributed by atoms with Gasteiger partial charge in [0.25, 0.3) is 0 Å². The molecular formula is C22H21N3. The van der Waals surface area contributed by atoms with Crippen molar-refractivity contribution in [3.05, 3.63) is 95.8 Å². The molecule has 0 radical (unpaired) electrons. The molecule has 1 unspecified atom stereocenters. The summed E-state index contributed by atoms with van der Waals surface area (Å²) >= 11 is 0. The van der Waals surface area contributed by atoms with Gasteiger partial charge >= 0.3 is 0 Å². The summed E-state index contributed by atoms with van der Waals surface area (Å²) in [6.45, 7) is 4.31. The molecule has 0 fully saturated rings. The van der Waals surface area contributed by atoms with Gasteiger partial charge < -0.3 is 5.32 Å². The summed E-state index contributed by atoms with van der Waals surface area (Å²) in [7, 11) is 0. The van der Waals surface area contributed by atoms with Gasteiger partial charge in [-0.3, -0.25) is 4.40 Å². The summed E-state index contributed by atoms with van der Waals surface area (Å²) in [5.74, 6) is 1.23. The van der Waals surface area contributed by atoms with Crippen molar-refractivity contribution in [3.8, 4) is 0 Å². The molecule has 4 rings (SSSR count). The lowest BCUT2D eigenvalue weighted by Gasteiger charge is -2.14. The highest BCUT2D eigenvalue weighted by Crippen LogP contribution is 2.33. The van der Waals surface area contributed by atoms with E-state index in [0.29, 0.717) is 0 Å². The number of nitrogens with one attached hydrogen (secondary N) is 1. The number of imidazole rings is 1. The van der Waals surface area contributed by atoms with E-state index in [0.717, 1.165) is 22.8 Å². The van der Waals surface area contributed by atoms with Gasteiger partial charge in [-0.2, -0.15) is 0 Å². The van der Waals surface area contributed by atoms with Crippen LogP contribution < -0.4 is 5.32 Å². The summed E-state index contributed by atoms with van der Waals surface area (Å²) < 4.78 is 2.15. The topological polar surface area (TPSA) is 29.3 Å². The molecule has 2 aromatic heterocycles. The van der Waals surface area contributed by atoms with Gasteiger partial charge in [-0.15, -0.1) is 0 Å². The van der Waals surface area contributed by atoms with E-state index in [2.05, 4.69) is 78.3 Å². The smallest absolute Gasteiger partial charge is 0.141 e. The highest BCUT2D eigenvalue weighted by atomic mass is 15.1. The van der Waals surface area contributed by atoms with Gasteiger partial charge in [-0.05, 0) is 36.2 Å². The Morgan fingerprint density at radius 2 is 1.56 bits per heavy atom. The van der Waals surface area contributed by atoms with E-state index >= 15 is 0 Å². The number of pyridine rings is 1. The molecule has 0 saturated heterocycles. The van der Waals surface area contributed by atoms with Crippen LogP contribution in [0, 0.1) is 6.92 Å². The fraction of sp³-hybridized carbons (Fsp3) is 0.136. The van der Waals surface area contributed by atoms with Crippen LogP contribution in [-0.4, -0.2) is 9.38 Å². The van der Waals surface area contributed by atoms with Gasteiger partial charge in [0.2, 0.25) is 0 Å². The van der Waals surface area contributed by atoms with Crippen molar-refractivity contribution in [2.24, 2.45) is 0 Å². The Morgan fingerprint density at radius 3 is 2.28 bits per heavy atom. The van der Waals surface area contributed by atoms with Gasteiger partial charge in [-0.1, -0.05) is 61.5 Å². The van der Waals surface area contributed by atoms with Crippen LogP contribution in [0.3, 0.4) is 0 Å². The summed E-state index contributed by atoms with van der Waals surface area (Å²) in [4.78, 5) is 4.99. The number of hydrogen-bond acceptors (Lipinski definition) is 2. The Kier molecular flexibility index (Phi) is 3.98. The second-order valence-electron chi connectivity index (χ2n) is 6.35. The average Bonchev–Trinajstić information content (AvgIpc) is 3.03. The standard InChI is InChI=1S/C22H21N3/c1-16-10-9-15-25-21(16)24-20(17(2)18-11-5-3-6-12-18)22(25)23-19-13-7-4-8-14-19/h3-15,17,23H,1-2H3. The van der Waals surface area contributed by atoms with E-state index in [4.69, 9.17) is 4.98 Å². The van der Waals surface area contributed by atoms with E-state index in [9.17, 15) is 0 Å². The molecule has 1 atom stereocenters. The molecule has 3 heteroatoms. The van der Waals surface area contributed by atoms with Crippen molar-refractivity contribution >= 4 is 17.2 Å². The maximum atomic E-state index is 4.99. The first-order chi connectivity index (χ1) is 12.2. The molecule has 0 aliphatic heterocycles. The van der Waals surface area contributed by atoms with Crippen LogP contribution in [0.2, 0.25) is 0 Å². The van der Waals surface area contributed by atoms with Crippen molar-refractivity contribution in [2.45, 2.75) is 19.8 Å². The Bertz CT molecular complexity index is 988. The van der Waals surface area contributed by atoms with Crippen LogP contribution >= 0.6 is 0 Å². The zero-order valence-corrected chi connectivity index (χ0v) is 14.5. The van der Waals surface area contributed by atoms with E-state index in [-0.39, 0.29) is 5.92 Å². The molecule has 0 spiro atoms. The van der Waals surface area contributed by atoms with Gasteiger partial charge in [0, 0.05) is 17.8 Å². The number of hydrogen-bond donors (Lipinski definition) is 1. The molecular weight excluding hydrogens is 306 g/mol. The van der Waals surface area contributed by atoms with Gasteiger partial charge in [0.05, 0.1) is 5.69 Å². The third-order valence-electron chi connectivity index (χ3n) is 4.62. The van der Waals surface area contributed by atoms with E-state index < -0.39 is 0 Å². The Morgan fingerprint density at radius 1 is 0.880 bits per heavy atom. The predicted octanol–water partition coefficient (Wildman–Crippen LogP) is 5.54. The number of para-hydroxylation sites is 1. The Balaban J connectivity index is 1.88. The van der Waals surface area contributed by atoms with Crippen molar-refractivity contribution in [2.75, 3.05) is 5.32 Å². The highest BCUT2D eigenvalue weighted by molar-refractivity contribution is 5.66. The zero-order valence-electron chi connectivity index (χ0n) is 14.5. The molecule has 0 amide bonds. The third-order valence-corrected chi connectivity index (χ3v) is 4.62. The summed E-state index contributed by atoms with van der Waals surface area (Å²) in [5.41, 5.74) is 5.56. The van der Waals surface area contributed by atoms with Crippen LogP contribution in [0.15, 0.2) is 79.0 Å². The largest absolute Gasteiger partial charge is 0.340 e. The first-order valence-corrected chi connectivity index (χ1v) is 8.58. The van der Waals surface area contributed by atoms with Crippen molar-refractivity contribution < 1.29 is 0 Å². The van der Waals surface area contributed by atoms with E-state index in [1.165, 1.54) is 11.1 Å². The quantitative estimate of drug-likeness (QED) is 0.533. The predicted molar refractivity (Wildman–Crippen MR) is 104 cm³/mol. The molecule has 3 nitrogen and oxygen atoms in total. The second-order valence-corrected chi connectivity index (χ2v) is 6.35. The van der Waals surface area contributed by atoms with Crippen LogP contribution in [0.25, 0.3) is 5.65 Å². The minimum atomic E-state index is 0.201. The summed E-state index contributed by atoms with van der Waals surface area (Å²) in [6, 6.07) is 25.0. The summed E-state index contributed by atoms with van der Waals surface area (Å²) in [6.07, 6.45) is 2.07. The second kappa shape index (κ2) is 6.44. The molecule has 0 aliphatic carbocycles. The van der Waals surface area contributed by atoms with Crippen LogP contribution in [0.4, 0.5) is 11.5 Å². The average molecular weight is 327 g/mol. The lowest BCUT2D eigenvalue weighted by atomic mass is 9.98. The monoisotopic (exact) mass is 327 g/mol. The molecule has 2 heterocycles. The van der Waals surface area contributed by atoms with E-state index in [1.54, 1.807) is 0 Å². The van der Waals surface area contributed by atoms with Gasteiger partial charge in [0.15, 0.2) is 0 Å². The molecule has 1 N–H and O–H groups in total. The van der Waals surface area contributed by atoms with Crippen LogP contribution in [0.1, 0.15) is 29.7 Å². The lowest BCUT2D eigenvalue weighted by molar-refractivity contribution is 0.888. The molecule has 2 aromatic carbocycles. The molecule has 124 valence electrons. The maximum absolute atomic E-state index is 4.99. The van der Waals surface area contributed by atoms with Gasteiger partial charge in [0.1, 0.15) is 11.5 Å². The first-order valence-electron chi connectivity index (χ1n) is 8.58. The minimum absolute atomic E-state index is 0.201. The zero-order chi connectivity index (χ0) is 17.2. The third kappa shape index (κ3) is 2.89. The Labute approximate surface area is 148 Å². The number of rotatable bonds is 4. The molecule has 25 heavy (non-hydrogen) atoms. The molecule has 0 aliphatic rings. The number of fused-ring (bicyclic) bond motifs is 1. The normalized spacial score (nSPS) is 12.2. The SMILES string of the molecule is Cc1cccn2c(Nc3ccccc3)c(C(C)c3ccccc3)nc12. The summed E-state index contributed by atoms with van der Waals surface area (Å²) in [5, 5.41) is 3.57. The highest BCUT2D eigenvalue weighted by Gasteiger charge is 2.20. The van der Waals surface area contributed by atoms with Crippen LogP contribution in [-0.2, 0) is 0 Å². The number of anilines is 2. The number of benzene rings is 2. The Hall–Kier alpha value is -3.07. The van der Waals surface area contributed by atoms with Crippen molar-refractivity contribution in [3.63, 3.8) is 0 Å². The fourth-order valence-corrected chi connectivity index (χ4v) is 3.21. The minimum Gasteiger partial charge on any atom is -0.340 e. The molecule has 0 bridgehead atoms. The van der Waals surface area contributed by atoms with Crippen LogP contribution in [0.5, 0.6) is 0 Å². The fourth-order valence-electron chi connectivity index (χ4n) is 3.21. The lowest BCUT2D eigenvalue weighted by Crippen LogP contribution is -2.02. The molecule has 0 saturated carbocycles.